The molecule has 0 atom stereocenters. The Balaban J connectivity index is 1.32. The number of nitrogens with one attached hydrogen (secondary N) is 1. The van der Waals surface area contributed by atoms with Gasteiger partial charge in [-0.1, -0.05) is 35.5 Å². The van der Waals surface area contributed by atoms with Crippen LogP contribution in [0.4, 0.5) is 10.1 Å². The van der Waals surface area contributed by atoms with E-state index in [1.54, 1.807) is 22.9 Å². The zero-order valence-corrected chi connectivity index (χ0v) is 18.2. The van der Waals surface area contributed by atoms with Crippen LogP contribution in [-0.4, -0.2) is 20.9 Å². The van der Waals surface area contributed by atoms with Crippen LogP contribution in [0.5, 0.6) is 5.75 Å². The number of ether oxygens (including phenoxy) is 1. The molecule has 33 heavy (non-hydrogen) atoms. The van der Waals surface area contributed by atoms with Gasteiger partial charge >= 0.3 is 0 Å². The van der Waals surface area contributed by atoms with Gasteiger partial charge in [-0.05, 0) is 73.4 Å². The molecule has 5 rings (SSSR count). The molecule has 3 aromatic carbocycles. The first-order chi connectivity index (χ1) is 16.1. The Bertz CT molecular complexity index is 1300. The van der Waals surface area contributed by atoms with Gasteiger partial charge in [0, 0.05) is 11.6 Å². The van der Waals surface area contributed by atoms with Crippen molar-refractivity contribution in [2.45, 2.75) is 32.3 Å². The molecular formula is C26H23FN4O2. The number of rotatable bonds is 7. The maximum absolute atomic E-state index is 13.3. The van der Waals surface area contributed by atoms with E-state index in [1.807, 2.05) is 49.4 Å². The third-order valence-electron chi connectivity index (χ3n) is 5.63. The summed E-state index contributed by atoms with van der Waals surface area (Å²) in [6.07, 6.45) is 2.05. The van der Waals surface area contributed by atoms with Crippen LogP contribution in [0.15, 0.2) is 72.8 Å². The molecule has 0 radical (unpaired) electrons. The minimum absolute atomic E-state index is 0.260. The summed E-state index contributed by atoms with van der Waals surface area (Å²) >= 11 is 0. The van der Waals surface area contributed by atoms with Crippen molar-refractivity contribution in [3.8, 4) is 11.4 Å². The maximum atomic E-state index is 13.3. The average molecular weight is 442 g/mol. The van der Waals surface area contributed by atoms with Crippen molar-refractivity contribution in [3.05, 3.63) is 101 Å². The van der Waals surface area contributed by atoms with E-state index < -0.39 is 0 Å². The van der Waals surface area contributed by atoms with E-state index in [-0.39, 0.29) is 18.3 Å². The summed E-state index contributed by atoms with van der Waals surface area (Å²) in [6, 6.07) is 21.5. The van der Waals surface area contributed by atoms with Gasteiger partial charge in [-0.3, -0.25) is 4.79 Å². The molecule has 1 N–H and O–H groups in total. The molecule has 1 saturated carbocycles. The van der Waals surface area contributed by atoms with E-state index >= 15 is 0 Å². The number of aromatic nitrogens is 3. The summed E-state index contributed by atoms with van der Waals surface area (Å²) in [5.41, 5.74) is 4.37. The standard InChI is InChI=1S/C26H23FN4O2/c1-17-14-22(33-16-18-6-5-7-20(27)15-18)12-13-23(17)28-26(32)24-25(19-10-11-19)31(30-29-24)21-8-3-2-4-9-21/h2-9,12-15,19H,10-11,16H2,1H3,(H,28,32). The summed E-state index contributed by atoms with van der Waals surface area (Å²) < 4.78 is 20.9. The first-order valence-corrected chi connectivity index (χ1v) is 10.9. The van der Waals surface area contributed by atoms with Gasteiger partial charge in [-0.2, -0.15) is 0 Å². The quantitative estimate of drug-likeness (QED) is 0.415. The van der Waals surface area contributed by atoms with Crippen molar-refractivity contribution in [2.75, 3.05) is 5.32 Å². The Hall–Kier alpha value is -4.00. The second-order valence-electron chi connectivity index (χ2n) is 8.19. The lowest BCUT2D eigenvalue weighted by Crippen LogP contribution is -2.16. The monoisotopic (exact) mass is 442 g/mol. The molecule has 0 bridgehead atoms. The minimum atomic E-state index is -0.292. The van der Waals surface area contributed by atoms with Crippen LogP contribution in [-0.2, 0) is 6.61 Å². The van der Waals surface area contributed by atoms with E-state index in [9.17, 15) is 9.18 Å². The van der Waals surface area contributed by atoms with Crippen molar-refractivity contribution >= 4 is 11.6 Å². The molecule has 0 unspecified atom stereocenters. The second-order valence-corrected chi connectivity index (χ2v) is 8.19. The van der Waals surface area contributed by atoms with Gasteiger partial charge < -0.3 is 10.1 Å². The molecule has 166 valence electrons. The molecule has 6 nitrogen and oxygen atoms in total. The second kappa shape index (κ2) is 8.86. The zero-order valence-electron chi connectivity index (χ0n) is 18.2. The minimum Gasteiger partial charge on any atom is -0.489 e. The maximum Gasteiger partial charge on any atom is 0.278 e. The van der Waals surface area contributed by atoms with Crippen molar-refractivity contribution in [1.29, 1.82) is 0 Å². The highest BCUT2D eigenvalue weighted by Gasteiger charge is 2.34. The number of amides is 1. The Kier molecular flexibility index (Phi) is 5.60. The molecule has 4 aromatic rings. The van der Waals surface area contributed by atoms with Crippen LogP contribution >= 0.6 is 0 Å². The number of anilines is 1. The van der Waals surface area contributed by atoms with Crippen LogP contribution in [0.25, 0.3) is 5.69 Å². The third-order valence-corrected chi connectivity index (χ3v) is 5.63. The number of para-hydroxylation sites is 1. The zero-order chi connectivity index (χ0) is 22.8. The SMILES string of the molecule is Cc1cc(OCc2cccc(F)c2)ccc1NC(=O)c1nnn(-c2ccccc2)c1C1CC1. The first-order valence-electron chi connectivity index (χ1n) is 10.9. The van der Waals surface area contributed by atoms with Crippen LogP contribution in [0.2, 0.25) is 0 Å². The Morgan fingerprint density at radius 2 is 1.91 bits per heavy atom. The highest BCUT2D eigenvalue weighted by molar-refractivity contribution is 6.04. The predicted molar refractivity (Wildman–Crippen MR) is 123 cm³/mol. The number of hydrogen-bond donors (Lipinski definition) is 1. The fourth-order valence-corrected chi connectivity index (χ4v) is 3.77. The molecule has 1 fully saturated rings. The van der Waals surface area contributed by atoms with Crippen molar-refractivity contribution < 1.29 is 13.9 Å². The molecule has 0 spiro atoms. The fraction of sp³-hybridized carbons (Fsp3) is 0.192. The van der Waals surface area contributed by atoms with Crippen molar-refractivity contribution in [2.24, 2.45) is 0 Å². The van der Waals surface area contributed by atoms with Gasteiger partial charge in [0.1, 0.15) is 18.2 Å². The van der Waals surface area contributed by atoms with Crippen LogP contribution < -0.4 is 10.1 Å². The Morgan fingerprint density at radius 3 is 2.64 bits per heavy atom. The highest BCUT2D eigenvalue weighted by atomic mass is 19.1. The molecule has 1 heterocycles. The molecular weight excluding hydrogens is 419 g/mol. The average Bonchev–Trinajstić information content (AvgIpc) is 3.57. The van der Waals surface area contributed by atoms with Crippen molar-refractivity contribution in [3.63, 3.8) is 0 Å². The number of carbonyl (C=O) groups excluding carboxylic acids is 1. The molecule has 0 aliphatic heterocycles. The Labute approximate surface area is 191 Å². The molecule has 1 amide bonds. The van der Waals surface area contributed by atoms with E-state index in [0.717, 1.165) is 35.3 Å². The molecule has 1 aliphatic carbocycles. The summed E-state index contributed by atoms with van der Waals surface area (Å²) in [5.74, 6) is 0.361. The van der Waals surface area contributed by atoms with Crippen LogP contribution in [0, 0.1) is 12.7 Å². The Morgan fingerprint density at radius 1 is 1.09 bits per heavy atom. The van der Waals surface area contributed by atoms with Crippen molar-refractivity contribution in [1.82, 2.24) is 15.0 Å². The highest BCUT2D eigenvalue weighted by Crippen LogP contribution is 2.42. The van der Waals surface area contributed by atoms with E-state index in [2.05, 4.69) is 15.6 Å². The number of aryl methyl sites for hydroxylation is 1. The summed E-state index contributed by atoms with van der Waals surface area (Å²) in [4.78, 5) is 13.1. The van der Waals surface area contributed by atoms with Gasteiger partial charge in [0.25, 0.3) is 5.91 Å². The number of halogens is 1. The topological polar surface area (TPSA) is 69.0 Å². The van der Waals surface area contributed by atoms with E-state index in [1.165, 1.54) is 12.1 Å². The van der Waals surface area contributed by atoms with Crippen LogP contribution in [0.1, 0.15) is 46.1 Å². The lowest BCUT2D eigenvalue weighted by molar-refractivity contribution is 0.102. The van der Waals surface area contributed by atoms with E-state index in [0.29, 0.717) is 23.0 Å². The predicted octanol–water partition coefficient (Wildman–Crippen LogP) is 5.42. The van der Waals surface area contributed by atoms with Gasteiger partial charge in [0.15, 0.2) is 5.69 Å². The first kappa shape index (κ1) is 20.9. The normalized spacial score (nSPS) is 13.0. The third kappa shape index (κ3) is 4.62. The van der Waals surface area contributed by atoms with Gasteiger partial charge in [-0.25, -0.2) is 9.07 Å². The molecule has 1 aliphatic rings. The number of benzene rings is 3. The van der Waals surface area contributed by atoms with Crippen LogP contribution in [0.3, 0.4) is 0 Å². The fourth-order valence-electron chi connectivity index (χ4n) is 3.77. The number of nitrogens with zero attached hydrogens (tertiary/aromatic N) is 3. The summed E-state index contributed by atoms with van der Waals surface area (Å²) in [5, 5.41) is 11.4. The summed E-state index contributed by atoms with van der Waals surface area (Å²) in [6.45, 7) is 2.16. The largest absolute Gasteiger partial charge is 0.489 e. The lowest BCUT2D eigenvalue weighted by Gasteiger charge is -2.12. The molecule has 1 aromatic heterocycles. The van der Waals surface area contributed by atoms with E-state index in [4.69, 9.17) is 4.74 Å². The van der Waals surface area contributed by atoms with Gasteiger partial charge in [0.2, 0.25) is 0 Å². The van der Waals surface area contributed by atoms with Gasteiger partial charge in [-0.15, -0.1) is 5.10 Å². The number of carbonyl (C=O) groups is 1. The number of hydrogen-bond acceptors (Lipinski definition) is 4. The summed E-state index contributed by atoms with van der Waals surface area (Å²) in [7, 11) is 0. The molecule has 7 heteroatoms. The van der Waals surface area contributed by atoms with Gasteiger partial charge in [0.05, 0.1) is 11.4 Å². The molecule has 0 saturated heterocycles. The smallest absolute Gasteiger partial charge is 0.278 e. The lowest BCUT2D eigenvalue weighted by atomic mass is 10.1.